The number of nitrogens with zero attached hydrogens (tertiary/aromatic N) is 1. The lowest BCUT2D eigenvalue weighted by molar-refractivity contribution is -0.134. The van der Waals surface area contributed by atoms with Crippen LogP contribution in [-0.2, 0) is 21.2 Å². The Morgan fingerprint density at radius 1 is 1.07 bits per heavy atom. The van der Waals surface area contributed by atoms with Gasteiger partial charge >= 0.3 is 5.97 Å². The highest BCUT2D eigenvalue weighted by Gasteiger charge is 2.21. The van der Waals surface area contributed by atoms with Gasteiger partial charge in [-0.1, -0.05) is 17.7 Å². The molecule has 0 aliphatic carbocycles. The van der Waals surface area contributed by atoms with Gasteiger partial charge in [-0.25, -0.2) is 8.42 Å². The molecule has 0 radical (unpaired) electrons. The largest absolute Gasteiger partial charge is 0.427 e. The molecule has 0 N–H and O–H groups in total. The van der Waals surface area contributed by atoms with E-state index in [2.05, 4.69) is 0 Å². The predicted molar refractivity (Wildman–Crippen MR) is 112 cm³/mol. The molecule has 3 aromatic rings. The summed E-state index contributed by atoms with van der Waals surface area (Å²) in [5.74, 6) is 0.0421. The summed E-state index contributed by atoms with van der Waals surface area (Å²) >= 11 is 7.42. The molecule has 0 atom stereocenters. The molecule has 0 unspecified atom stereocenters. The van der Waals surface area contributed by atoms with Crippen molar-refractivity contribution in [3.05, 3.63) is 75.9 Å². The average Bonchev–Trinajstić information content (AvgIpc) is 3.20. The van der Waals surface area contributed by atoms with Gasteiger partial charge < -0.3 is 4.74 Å². The second kappa shape index (κ2) is 8.77. The first-order valence-corrected chi connectivity index (χ1v) is 11.1. The van der Waals surface area contributed by atoms with E-state index in [0.717, 1.165) is 4.88 Å². The summed E-state index contributed by atoms with van der Waals surface area (Å²) in [5, 5.41) is 2.43. The van der Waals surface area contributed by atoms with Gasteiger partial charge in [-0.15, -0.1) is 11.3 Å². The molecule has 28 heavy (non-hydrogen) atoms. The topological polar surface area (TPSA) is 63.7 Å². The van der Waals surface area contributed by atoms with Crippen molar-refractivity contribution in [2.24, 2.45) is 0 Å². The highest BCUT2D eigenvalue weighted by Crippen LogP contribution is 2.25. The van der Waals surface area contributed by atoms with E-state index in [1.165, 1.54) is 35.6 Å². The molecule has 0 aliphatic rings. The van der Waals surface area contributed by atoms with Gasteiger partial charge in [0.2, 0.25) is 0 Å². The number of anilines is 1. The fraction of sp³-hybridized carbons (Fsp3) is 0.150. The molecule has 0 saturated carbocycles. The minimum atomic E-state index is -3.71. The molecule has 1 aromatic heterocycles. The molecule has 0 aliphatic heterocycles. The molecule has 0 amide bonds. The lowest BCUT2D eigenvalue weighted by Gasteiger charge is -2.19. The molecule has 1 heterocycles. The number of hydrogen-bond acceptors (Lipinski definition) is 5. The van der Waals surface area contributed by atoms with Crippen molar-refractivity contribution < 1.29 is 17.9 Å². The Hall–Kier alpha value is -2.35. The van der Waals surface area contributed by atoms with Crippen molar-refractivity contribution in [2.75, 3.05) is 11.4 Å². The lowest BCUT2D eigenvalue weighted by Crippen LogP contribution is -2.26. The molecule has 0 saturated heterocycles. The lowest BCUT2D eigenvalue weighted by atomic mass is 10.2. The number of carbonyl (C=O) groups is 1. The van der Waals surface area contributed by atoms with Crippen LogP contribution in [0.1, 0.15) is 11.3 Å². The second-order valence-electron chi connectivity index (χ2n) is 5.97. The molecule has 8 heteroatoms. The fourth-order valence-electron chi connectivity index (χ4n) is 2.49. The average molecular weight is 436 g/mol. The zero-order chi connectivity index (χ0) is 20.1. The van der Waals surface area contributed by atoms with E-state index < -0.39 is 10.0 Å². The molecule has 3 rings (SSSR count). The SMILES string of the molecule is CN(c1ccc(OC(=O)CCc2cccs2)cc1)S(=O)(=O)c1ccc(Cl)cc1. The first kappa shape index (κ1) is 20.4. The second-order valence-corrected chi connectivity index (χ2v) is 9.41. The fourth-order valence-corrected chi connectivity index (χ4v) is 4.52. The van der Waals surface area contributed by atoms with Gasteiger partial charge in [0.1, 0.15) is 5.75 Å². The van der Waals surface area contributed by atoms with Gasteiger partial charge in [0.15, 0.2) is 0 Å². The number of sulfonamides is 1. The van der Waals surface area contributed by atoms with Gasteiger partial charge in [-0.3, -0.25) is 9.10 Å². The van der Waals surface area contributed by atoms with E-state index in [4.69, 9.17) is 16.3 Å². The van der Waals surface area contributed by atoms with Crippen LogP contribution in [0, 0.1) is 0 Å². The highest BCUT2D eigenvalue weighted by atomic mass is 35.5. The van der Waals surface area contributed by atoms with Gasteiger partial charge in [-0.05, 0) is 66.4 Å². The molecule has 0 fully saturated rings. The number of hydrogen-bond donors (Lipinski definition) is 0. The van der Waals surface area contributed by atoms with E-state index in [0.29, 0.717) is 22.9 Å². The van der Waals surface area contributed by atoms with Crippen molar-refractivity contribution in [1.82, 2.24) is 0 Å². The normalized spacial score (nSPS) is 11.2. The molecule has 5 nitrogen and oxygen atoms in total. The van der Waals surface area contributed by atoms with Crippen LogP contribution in [0.5, 0.6) is 5.75 Å². The standard InChI is InChI=1S/C20H18ClNO4S2/c1-22(28(24,25)19-11-4-15(21)5-12-19)16-6-8-17(9-7-16)26-20(23)13-10-18-3-2-14-27-18/h2-9,11-12,14H,10,13H2,1H3. The Balaban J connectivity index is 1.64. The number of halogens is 1. The van der Waals surface area contributed by atoms with Crippen molar-refractivity contribution in [2.45, 2.75) is 17.7 Å². The Morgan fingerprint density at radius 2 is 1.75 bits per heavy atom. The Bertz CT molecular complexity index is 1030. The van der Waals surface area contributed by atoms with Gasteiger partial charge in [0.05, 0.1) is 17.0 Å². The van der Waals surface area contributed by atoms with E-state index in [-0.39, 0.29) is 17.3 Å². The monoisotopic (exact) mass is 435 g/mol. The minimum absolute atomic E-state index is 0.142. The summed E-state index contributed by atoms with van der Waals surface area (Å²) in [7, 11) is -2.25. The Kier molecular flexibility index (Phi) is 6.39. The number of benzene rings is 2. The number of thiophene rings is 1. The van der Waals surface area contributed by atoms with Crippen LogP contribution in [0.4, 0.5) is 5.69 Å². The third kappa shape index (κ3) is 4.92. The number of ether oxygens (including phenoxy) is 1. The summed E-state index contributed by atoms with van der Waals surface area (Å²) in [6, 6.07) is 16.2. The number of aryl methyl sites for hydroxylation is 1. The van der Waals surface area contributed by atoms with Crippen molar-refractivity contribution in [3.8, 4) is 5.75 Å². The third-order valence-corrected chi connectivity index (χ3v) is 7.05. The molecular weight excluding hydrogens is 418 g/mol. The zero-order valence-electron chi connectivity index (χ0n) is 15.0. The van der Waals surface area contributed by atoms with Crippen molar-refractivity contribution >= 4 is 44.6 Å². The predicted octanol–water partition coefficient (Wildman–Crippen LogP) is 4.76. The maximum atomic E-state index is 12.7. The van der Waals surface area contributed by atoms with Gasteiger partial charge in [0, 0.05) is 16.9 Å². The summed E-state index contributed by atoms with van der Waals surface area (Å²) in [6.45, 7) is 0. The van der Waals surface area contributed by atoms with Crippen LogP contribution >= 0.6 is 22.9 Å². The van der Waals surface area contributed by atoms with E-state index in [9.17, 15) is 13.2 Å². The first-order chi connectivity index (χ1) is 13.4. The highest BCUT2D eigenvalue weighted by molar-refractivity contribution is 7.92. The number of esters is 1. The number of carbonyl (C=O) groups excluding carboxylic acids is 1. The zero-order valence-corrected chi connectivity index (χ0v) is 17.4. The van der Waals surface area contributed by atoms with Crippen molar-refractivity contribution in [1.29, 1.82) is 0 Å². The van der Waals surface area contributed by atoms with E-state index >= 15 is 0 Å². The molecule has 0 bridgehead atoms. The van der Waals surface area contributed by atoms with Crippen LogP contribution in [0.25, 0.3) is 0 Å². The summed E-state index contributed by atoms with van der Waals surface area (Å²) < 4.78 is 31.9. The van der Waals surface area contributed by atoms with Crippen LogP contribution in [0.3, 0.4) is 0 Å². The summed E-state index contributed by atoms with van der Waals surface area (Å²) in [5.41, 5.74) is 0.452. The maximum Gasteiger partial charge on any atom is 0.311 e. The summed E-state index contributed by atoms with van der Waals surface area (Å²) in [4.78, 5) is 13.2. The van der Waals surface area contributed by atoms with E-state index in [1.54, 1.807) is 35.6 Å². The quantitative estimate of drug-likeness (QED) is 0.396. The van der Waals surface area contributed by atoms with Gasteiger partial charge in [-0.2, -0.15) is 0 Å². The number of rotatable bonds is 7. The Labute approximate surface area is 173 Å². The molecule has 2 aromatic carbocycles. The Morgan fingerprint density at radius 3 is 2.36 bits per heavy atom. The minimum Gasteiger partial charge on any atom is -0.427 e. The van der Waals surface area contributed by atoms with Crippen LogP contribution in [-0.4, -0.2) is 21.4 Å². The summed E-state index contributed by atoms with van der Waals surface area (Å²) in [6.07, 6.45) is 0.920. The van der Waals surface area contributed by atoms with Crippen LogP contribution in [0.15, 0.2) is 70.9 Å². The van der Waals surface area contributed by atoms with E-state index in [1.807, 2.05) is 17.5 Å². The van der Waals surface area contributed by atoms with Gasteiger partial charge in [0.25, 0.3) is 10.0 Å². The third-order valence-electron chi connectivity index (χ3n) is 4.06. The maximum absolute atomic E-state index is 12.7. The van der Waals surface area contributed by atoms with Crippen LogP contribution < -0.4 is 9.04 Å². The first-order valence-electron chi connectivity index (χ1n) is 8.44. The molecule has 0 spiro atoms. The van der Waals surface area contributed by atoms with Crippen LogP contribution in [0.2, 0.25) is 5.02 Å². The molecule has 146 valence electrons. The smallest absolute Gasteiger partial charge is 0.311 e. The molecular formula is C20H18ClNO4S2. The van der Waals surface area contributed by atoms with Crippen molar-refractivity contribution in [3.63, 3.8) is 0 Å².